The van der Waals surface area contributed by atoms with E-state index in [0.29, 0.717) is 0 Å². The maximum Gasteiger partial charge on any atom is 0.269 e. The molecule has 1 amide bonds. The van der Waals surface area contributed by atoms with E-state index in [4.69, 9.17) is 0 Å². The molecule has 1 rings (SSSR count). The molecule has 1 aromatic heterocycles. The number of carbonyl (C=O) groups is 1. The minimum absolute atomic E-state index is 0.0607. The molecule has 0 atom stereocenters. The number of rotatable bonds is 2. The number of aromatic nitrogens is 1. The Morgan fingerprint density at radius 1 is 1.69 bits per heavy atom. The minimum atomic E-state index is -0.684. The second kappa shape index (κ2) is 3.80. The van der Waals surface area contributed by atoms with Crippen molar-refractivity contribution >= 4 is 12.0 Å². The van der Waals surface area contributed by atoms with Gasteiger partial charge in [-0.3, -0.25) is 4.79 Å². The molecule has 1 heterocycles. The lowest BCUT2D eigenvalue weighted by Gasteiger charge is -2.00. The summed E-state index contributed by atoms with van der Waals surface area (Å²) >= 11 is 0. The van der Waals surface area contributed by atoms with Crippen molar-refractivity contribution in [1.29, 1.82) is 0 Å². The van der Waals surface area contributed by atoms with Gasteiger partial charge < -0.3 is 5.32 Å². The van der Waals surface area contributed by atoms with E-state index in [1.807, 2.05) is 0 Å². The molecule has 13 heavy (non-hydrogen) atoms. The largest absolute Gasteiger partial charge is 0.354 e. The van der Waals surface area contributed by atoms with Gasteiger partial charge in [-0.1, -0.05) is 12.7 Å². The first kappa shape index (κ1) is 9.38. The van der Waals surface area contributed by atoms with Crippen LogP contribution >= 0.6 is 0 Å². The third kappa shape index (κ3) is 1.90. The van der Waals surface area contributed by atoms with Crippen LogP contribution in [-0.4, -0.2) is 17.9 Å². The van der Waals surface area contributed by atoms with Crippen molar-refractivity contribution in [2.45, 2.75) is 0 Å². The molecule has 0 unspecified atom stereocenters. The van der Waals surface area contributed by atoms with E-state index in [2.05, 4.69) is 16.9 Å². The molecule has 0 aromatic carbocycles. The zero-order valence-electron chi connectivity index (χ0n) is 7.17. The molecule has 68 valence electrons. The van der Waals surface area contributed by atoms with Crippen LogP contribution in [0.15, 0.2) is 18.7 Å². The Labute approximate surface area is 75.3 Å². The summed E-state index contributed by atoms with van der Waals surface area (Å²) in [5.74, 6) is -1.09. The summed E-state index contributed by atoms with van der Waals surface area (Å²) in [6, 6.07) is 2.90. The normalized spacial score (nSPS) is 9.38. The van der Waals surface area contributed by atoms with Crippen LogP contribution < -0.4 is 5.32 Å². The highest BCUT2D eigenvalue weighted by atomic mass is 19.1. The van der Waals surface area contributed by atoms with Gasteiger partial charge >= 0.3 is 0 Å². The lowest BCUT2D eigenvalue weighted by atomic mass is 10.2. The van der Waals surface area contributed by atoms with Gasteiger partial charge in [0.15, 0.2) is 0 Å². The molecule has 0 radical (unpaired) electrons. The maximum atomic E-state index is 13.0. The SMILES string of the molecule is C=Cc1ccc(C(=O)NC)nc1F. The zero-order chi connectivity index (χ0) is 9.84. The van der Waals surface area contributed by atoms with E-state index in [1.54, 1.807) is 0 Å². The van der Waals surface area contributed by atoms with Gasteiger partial charge in [0.1, 0.15) is 5.69 Å². The molecule has 0 saturated carbocycles. The molecule has 0 saturated heterocycles. The van der Waals surface area contributed by atoms with E-state index >= 15 is 0 Å². The number of hydrogen-bond donors (Lipinski definition) is 1. The van der Waals surface area contributed by atoms with Gasteiger partial charge in [0, 0.05) is 12.6 Å². The van der Waals surface area contributed by atoms with Gasteiger partial charge in [-0.25, -0.2) is 4.98 Å². The number of hydrogen-bond acceptors (Lipinski definition) is 2. The fourth-order valence-corrected chi connectivity index (χ4v) is 0.852. The molecule has 0 aliphatic carbocycles. The number of nitrogens with zero attached hydrogens (tertiary/aromatic N) is 1. The van der Waals surface area contributed by atoms with Gasteiger partial charge in [0.05, 0.1) is 0 Å². The topological polar surface area (TPSA) is 42.0 Å². The predicted molar refractivity (Wildman–Crippen MR) is 47.7 cm³/mol. The summed E-state index contributed by atoms with van der Waals surface area (Å²) in [6.45, 7) is 3.41. The number of halogens is 1. The Bertz CT molecular complexity index is 349. The van der Waals surface area contributed by atoms with Crippen LogP contribution in [0.3, 0.4) is 0 Å². The minimum Gasteiger partial charge on any atom is -0.354 e. The first-order valence-electron chi connectivity index (χ1n) is 3.70. The average Bonchev–Trinajstić information content (AvgIpc) is 2.16. The summed E-state index contributed by atoms with van der Waals surface area (Å²) in [4.78, 5) is 14.5. The summed E-state index contributed by atoms with van der Waals surface area (Å²) in [6.07, 6.45) is 1.34. The van der Waals surface area contributed by atoms with Gasteiger partial charge in [0.25, 0.3) is 5.91 Å². The van der Waals surface area contributed by atoms with Crippen LogP contribution in [0, 0.1) is 5.95 Å². The molecule has 0 spiro atoms. The molecule has 0 bridgehead atoms. The van der Waals surface area contributed by atoms with Crippen molar-refractivity contribution in [3.63, 3.8) is 0 Å². The van der Waals surface area contributed by atoms with Gasteiger partial charge in [0.2, 0.25) is 5.95 Å². The van der Waals surface area contributed by atoms with Crippen LogP contribution in [0.4, 0.5) is 4.39 Å². The highest BCUT2D eigenvalue weighted by molar-refractivity contribution is 5.92. The first-order valence-corrected chi connectivity index (χ1v) is 3.70. The Morgan fingerprint density at radius 3 is 2.85 bits per heavy atom. The number of pyridine rings is 1. The predicted octanol–water partition coefficient (Wildman–Crippen LogP) is 1.22. The second-order valence-corrected chi connectivity index (χ2v) is 2.36. The number of amides is 1. The Kier molecular flexibility index (Phi) is 2.74. The van der Waals surface area contributed by atoms with Gasteiger partial charge in [-0.2, -0.15) is 4.39 Å². The van der Waals surface area contributed by atoms with Gasteiger partial charge in [-0.15, -0.1) is 0 Å². The van der Waals surface area contributed by atoms with E-state index < -0.39 is 11.9 Å². The lowest BCUT2D eigenvalue weighted by molar-refractivity contribution is 0.0957. The van der Waals surface area contributed by atoms with Crippen molar-refractivity contribution in [2.24, 2.45) is 0 Å². The summed E-state index contributed by atoms with van der Waals surface area (Å²) in [5.41, 5.74) is 0.346. The average molecular weight is 180 g/mol. The molecule has 3 nitrogen and oxygen atoms in total. The fourth-order valence-electron chi connectivity index (χ4n) is 0.852. The molecule has 0 fully saturated rings. The number of nitrogens with one attached hydrogen (secondary N) is 1. The van der Waals surface area contributed by atoms with Crippen LogP contribution in [0.25, 0.3) is 6.08 Å². The second-order valence-electron chi connectivity index (χ2n) is 2.36. The molecule has 0 aliphatic rings. The lowest BCUT2D eigenvalue weighted by Crippen LogP contribution is -2.19. The monoisotopic (exact) mass is 180 g/mol. The number of carbonyl (C=O) groups excluding carboxylic acids is 1. The molecule has 0 aliphatic heterocycles. The quantitative estimate of drug-likeness (QED) is 0.695. The third-order valence-corrected chi connectivity index (χ3v) is 1.56. The van der Waals surface area contributed by atoms with E-state index in [9.17, 15) is 9.18 Å². The highest BCUT2D eigenvalue weighted by Gasteiger charge is 2.07. The first-order chi connectivity index (χ1) is 6.19. The van der Waals surface area contributed by atoms with Crippen molar-refractivity contribution in [1.82, 2.24) is 10.3 Å². The van der Waals surface area contributed by atoms with Crippen LogP contribution in [-0.2, 0) is 0 Å². The van der Waals surface area contributed by atoms with Crippen LogP contribution in [0.5, 0.6) is 0 Å². The molecule has 4 heteroatoms. The summed E-state index contributed by atoms with van der Waals surface area (Å²) < 4.78 is 13.0. The molecular weight excluding hydrogens is 171 g/mol. The van der Waals surface area contributed by atoms with E-state index in [1.165, 1.54) is 25.3 Å². The third-order valence-electron chi connectivity index (χ3n) is 1.56. The van der Waals surface area contributed by atoms with Crippen molar-refractivity contribution in [3.8, 4) is 0 Å². The molecule has 1 N–H and O–H groups in total. The fraction of sp³-hybridized carbons (Fsp3) is 0.111. The molecule has 1 aromatic rings. The van der Waals surface area contributed by atoms with Crippen LogP contribution in [0.2, 0.25) is 0 Å². The van der Waals surface area contributed by atoms with E-state index in [-0.39, 0.29) is 11.3 Å². The zero-order valence-corrected chi connectivity index (χ0v) is 7.17. The van der Waals surface area contributed by atoms with Gasteiger partial charge in [-0.05, 0) is 12.1 Å². The summed E-state index contributed by atoms with van der Waals surface area (Å²) in [7, 11) is 1.46. The summed E-state index contributed by atoms with van der Waals surface area (Å²) in [5, 5.41) is 2.35. The standard InChI is InChI=1S/C9H9FN2O/c1-3-6-4-5-7(9(13)11-2)12-8(6)10/h3-5H,1H2,2H3,(H,11,13). The van der Waals surface area contributed by atoms with Crippen molar-refractivity contribution < 1.29 is 9.18 Å². The van der Waals surface area contributed by atoms with Crippen molar-refractivity contribution in [2.75, 3.05) is 7.05 Å². The van der Waals surface area contributed by atoms with Crippen molar-refractivity contribution in [3.05, 3.63) is 35.9 Å². The molecular formula is C9H9FN2O. The smallest absolute Gasteiger partial charge is 0.269 e. The Hall–Kier alpha value is -1.71. The Balaban J connectivity index is 3.09. The Morgan fingerprint density at radius 2 is 2.38 bits per heavy atom. The highest BCUT2D eigenvalue weighted by Crippen LogP contribution is 2.07. The maximum absolute atomic E-state index is 13.0. The van der Waals surface area contributed by atoms with Crippen LogP contribution in [0.1, 0.15) is 16.1 Å². The van der Waals surface area contributed by atoms with E-state index in [0.717, 1.165) is 0 Å².